The fourth-order valence-electron chi connectivity index (χ4n) is 3.21. The van der Waals surface area contributed by atoms with E-state index >= 15 is 0 Å². The van der Waals surface area contributed by atoms with Crippen molar-refractivity contribution in [2.75, 3.05) is 14.1 Å². The second-order valence-electron chi connectivity index (χ2n) is 5.97. The Morgan fingerprint density at radius 2 is 1.89 bits per heavy atom. The Hall–Kier alpha value is -1.31. The summed E-state index contributed by atoms with van der Waals surface area (Å²) in [5.41, 5.74) is 8.28. The Morgan fingerprint density at radius 1 is 1.19 bits per heavy atom. The first-order valence-corrected chi connectivity index (χ1v) is 9.63. The van der Waals surface area contributed by atoms with Crippen LogP contribution in [0.5, 0.6) is 0 Å². The molecule has 1 fully saturated rings. The summed E-state index contributed by atoms with van der Waals surface area (Å²) in [4.78, 5) is 12.3. The van der Waals surface area contributed by atoms with Crippen LogP contribution in [0, 0.1) is 0 Å². The molecule has 1 aliphatic carbocycles. The number of hydrazone groups is 2. The van der Waals surface area contributed by atoms with Gasteiger partial charge in [-0.1, -0.05) is 0 Å². The Kier molecular flexibility index (Phi) is 10.1. The van der Waals surface area contributed by atoms with Crippen LogP contribution in [0.4, 0.5) is 0 Å². The zero-order valence-corrected chi connectivity index (χ0v) is 19.0. The van der Waals surface area contributed by atoms with Gasteiger partial charge in [0.25, 0.3) is 0 Å². The third kappa shape index (κ3) is 6.09. The fraction of sp³-hybridized carbons (Fsp3) is 0.471. The number of amidine groups is 2. The molecule has 1 aromatic rings. The van der Waals surface area contributed by atoms with Crippen molar-refractivity contribution >= 4 is 50.0 Å². The molecular formula is C17H23CuN7SSe. The summed E-state index contributed by atoms with van der Waals surface area (Å²) in [6.45, 7) is 1.92. The third-order valence-corrected chi connectivity index (χ3v) is 5.30. The molecule has 0 atom stereocenters. The predicted octanol–water partition coefficient (Wildman–Crippen LogP) is 1.49. The van der Waals surface area contributed by atoms with Crippen LogP contribution in [-0.4, -0.2) is 56.4 Å². The molecular weight excluding hydrogens is 477 g/mol. The van der Waals surface area contributed by atoms with Crippen molar-refractivity contribution in [3.8, 4) is 0 Å². The molecule has 1 radical (unpaired) electrons. The van der Waals surface area contributed by atoms with E-state index in [-0.39, 0.29) is 22.5 Å². The van der Waals surface area contributed by atoms with E-state index in [4.69, 9.17) is 12.6 Å². The zero-order valence-electron chi connectivity index (χ0n) is 15.5. The van der Waals surface area contributed by atoms with E-state index in [9.17, 15) is 0 Å². The Morgan fingerprint density at radius 3 is 2.44 bits per heavy atom. The maximum atomic E-state index is 5.07. The topological polar surface area (TPSA) is 86.4 Å². The largest absolute Gasteiger partial charge is 1.00 e. The van der Waals surface area contributed by atoms with E-state index < -0.39 is 0 Å². The number of rotatable bonds is 5. The van der Waals surface area contributed by atoms with Gasteiger partial charge in [-0.15, -0.1) is 0 Å². The minimum atomic E-state index is -0.241. The maximum absolute atomic E-state index is 5.07. The molecule has 1 saturated carbocycles. The van der Waals surface area contributed by atoms with Gasteiger partial charge in [0.2, 0.25) is 0 Å². The van der Waals surface area contributed by atoms with Crippen LogP contribution >= 0.6 is 0 Å². The molecule has 0 unspecified atom stereocenters. The van der Waals surface area contributed by atoms with Gasteiger partial charge in [-0.25, -0.2) is 0 Å². The van der Waals surface area contributed by atoms with Crippen molar-refractivity contribution in [1.29, 1.82) is 0 Å². The molecule has 1 aliphatic rings. The SMILES string of the molecule is CN=C([S-])N/N=C(C)/C(=N/NC([Se])=NC)C1(c2cccnc2)CCCC1.[Cu+]. The predicted molar refractivity (Wildman–Crippen MR) is 111 cm³/mol. The Balaban J connectivity index is 0.00000364. The van der Waals surface area contributed by atoms with Crippen molar-refractivity contribution in [2.24, 2.45) is 20.2 Å². The van der Waals surface area contributed by atoms with E-state index in [0.717, 1.165) is 42.7 Å². The molecule has 10 heteroatoms. The van der Waals surface area contributed by atoms with E-state index in [0.29, 0.717) is 9.90 Å². The molecule has 0 saturated heterocycles. The number of nitrogens with one attached hydrogen (secondary N) is 2. The molecule has 2 rings (SSSR count). The number of hydrogen-bond donors (Lipinski definition) is 2. The summed E-state index contributed by atoms with van der Waals surface area (Å²) in [7, 11) is 3.33. The zero-order chi connectivity index (χ0) is 19.0. The summed E-state index contributed by atoms with van der Waals surface area (Å²) in [5, 5.41) is 9.40. The van der Waals surface area contributed by atoms with Crippen molar-refractivity contribution in [2.45, 2.75) is 38.0 Å². The second-order valence-corrected chi connectivity index (χ2v) is 7.17. The van der Waals surface area contributed by atoms with Gasteiger partial charge < -0.3 is 0 Å². The number of aliphatic imine (C=N–C) groups is 2. The van der Waals surface area contributed by atoms with Gasteiger partial charge in [0.1, 0.15) is 0 Å². The van der Waals surface area contributed by atoms with Crippen LogP contribution in [0.1, 0.15) is 38.2 Å². The van der Waals surface area contributed by atoms with Crippen molar-refractivity contribution in [3.05, 3.63) is 30.1 Å². The van der Waals surface area contributed by atoms with E-state index in [1.54, 1.807) is 20.3 Å². The minimum Gasteiger partial charge on any atom is 1.00 e. The van der Waals surface area contributed by atoms with Gasteiger partial charge in [-0.2, -0.15) is 0 Å². The van der Waals surface area contributed by atoms with Gasteiger partial charge >= 0.3 is 185 Å². The molecule has 27 heavy (non-hydrogen) atoms. The van der Waals surface area contributed by atoms with Gasteiger partial charge in [-0.05, 0) is 0 Å². The molecule has 0 aromatic carbocycles. The summed E-state index contributed by atoms with van der Waals surface area (Å²) in [6.07, 6.45) is 7.93. The van der Waals surface area contributed by atoms with Crippen LogP contribution in [0.25, 0.3) is 0 Å². The molecule has 1 aromatic heterocycles. The van der Waals surface area contributed by atoms with Crippen LogP contribution < -0.4 is 10.9 Å². The van der Waals surface area contributed by atoms with Gasteiger partial charge in [0.05, 0.1) is 0 Å². The number of nitrogens with zero attached hydrogens (tertiary/aromatic N) is 5. The maximum Gasteiger partial charge on any atom is 1.00 e. The summed E-state index contributed by atoms with van der Waals surface area (Å²) in [6, 6.07) is 4.07. The second kappa shape index (κ2) is 11.5. The Bertz CT molecular complexity index is 728. The number of hydrogen-bond acceptors (Lipinski definition) is 6. The average Bonchev–Trinajstić information content (AvgIpc) is 3.17. The molecule has 0 amide bonds. The molecule has 1 heterocycles. The summed E-state index contributed by atoms with van der Waals surface area (Å²) < 4.78 is 0.613. The number of aromatic nitrogens is 1. The first kappa shape index (κ1) is 23.7. The van der Waals surface area contributed by atoms with Gasteiger partial charge in [-0.3, -0.25) is 0 Å². The minimum absolute atomic E-state index is 0. The van der Waals surface area contributed by atoms with E-state index in [2.05, 4.69) is 58.1 Å². The van der Waals surface area contributed by atoms with Crippen LogP contribution in [-0.2, 0) is 35.1 Å². The first-order valence-electron chi connectivity index (χ1n) is 8.36. The molecule has 2 N–H and O–H groups in total. The Labute approximate surface area is 184 Å². The smallest absolute Gasteiger partial charge is 1.00 e. The van der Waals surface area contributed by atoms with Crippen molar-refractivity contribution in [1.82, 2.24) is 15.8 Å². The standard InChI is InChI=1S/C17H24N7SSe.Cu/c1-12(21-23-15(25)18-2)14(22-24-16(26)19-3)17(8-4-5-9-17)13-7-6-10-20-11-13;/h6-7,10-11H,4-5,8-9H2,1-3H3,(H,19,24)(H2,18,23,25);/q;+1/p-1/b21-12+,22-14-;. The summed E-state index contributed by atoms with van der Waals surface area (Å²) in [5.74, 6) is 0. The fourth-order valence-corrected chi connectivity index (χ4v) is 3.35. The van der Waals surface area contributed by atoms with Crippen molar-refractivity contribution in [3.63, 3.8) is 0 Å². The van der Waals surface area contributed by atoms with Crippen LogP contribution in [0.15, 0.2) is 44.7 Å². The molecule has 0 spiro atoms. The first-order chi connectivity index (χ1) is 12.5. The van der Waals surface area contributed by atoms with Gasteiger partial charge in [0.15, 0.2) is 0 Å². The van der Waals surface area contributed by atoms with Crippen LogP contribution in [0.2, 0.25) is 0 Å². The normalized spacial score (nSPS) is 18.0. The van der Waals surface area contributed by atoms with E-state index in [1.807, 2.05) is 19.2 Å². The van der Waals surface area contributed by atoms with Crippen LogP contribution in [0.3, 0.4) is 0 Å². The molecule has 0 aliphatic heterocycles. The quantitative estimate of drug-likeness (QED) is 0.211. The van der Waals surface area contributed by atoms with E-state index in [1.165, 1.54) is 0 Å². The molecule has 7 nitrogen and oxygen atoms in total. The average molecular weight is 500 g/mol. The number of pyridine rings is 1. The molecule has 0 bridgehead atoms. The summed E-state index contributed by atoms with van der Waals surface area (Å²) >= 11 is 7.92. The monoisotopic (exact) mass is 500 g/mol. The molecule has 149 valence electrons. The van der Waals surface area contributed by atoms with Gasteiger partial charge in [0, 0.05) is 0 Å². The van der Waals surface area contributed by atoms with Crippen molar-refractivity contribution < 1.29 is 17.1 Å². The third-order valence-electron chi connectivity index (χ3n) is 4.46.